The fourth-order valence-electron chi connectivity index (χ4n) is 2.88. The maximum absolute atomic E-state index is 14.2. The largest absolute Gasteiger partial charge is 0.326 e. The molecule has 2 aromatic rings. The summed E-state index contributed by atoms with van der Waals surface area (Å²) in [6.07, 6.45) is 0.885. The monoisotopic (exact) mass is 405 g/mol. The Kier molecular flexibility index (Phi) is 5.48. The fraction of sp³-hybridized carbons (Fsp3) is 0.263. The Morgan fingerprint density at radius 1 is 1.14 bits per heavy atom. The third-order valence-corrected chi connectivity index (χ3v) is 5.80. The number of anilines is 2. The average Bonchev–Trinajstić information content (AvgIpc) is 2.61. The number of amides is 2. The summed E-state index contributed by atoms with van der Waals surface area (Å²) in [6.45, 7) is 3.32. The zero-order valence-electron chi connectivity index (χ0n) is 15.4. The van der Waals surface area contributed by atoms with Crippen molar-refractivity contribution in [3.05, 3.63) is 53.3 Å². The van der Waals surface area contributed by atoms with Crippen molar-refractivity contribution in [1.82, 2.24) is 4.72 Å². The predicted octanol–water partition coefficient (Wildman–Crippen LogP) is 2.65. The fourth-order valence-corrected chi connectivity index (χ4v) is 4.16. The summed E-state index contributed by atoms with van der Waals surface area (Å²) in [5, 5.41) is 5.31. The molecule has 0 atom stereocenters. The number of aryl methyl sites for hydroxylation is 1. The lowest BCUT2D eigenvalue weighted by molar-refractivity contribution is -0.116. The molecular formula is C19H20FN3O4S. The van der Waals surface area contributed by atoms with Crippen LogP contribution in [0.2, 0.25) is 0 Å². The number of hydrogen-bond donors (Lipinski definition) is 3. The van der Waals surface area contributed by atoms with Gasteiger partial charge in [0.15, 0.2) is 0 Å². The third-order valence-electron chi connectivity index (χ3n) is 4.14. The molecule has 7 nitrogen and oxygen atoms in total. The maximum atomic E-state index is 14.2. The van der Waals surface area contributed by atoms with E-state index < -0.39 is 21.7 Å². The lowest BCUT2D eigenvalue weighted by Crippen LogP contribution is -2.30. The molecule has 1 aliphatic rings. The summed E-state index contributed by atoms with van der Waals surface area (Å²) in [5.41, 5.74) is 1.58. The molecule has 1 aliphatic heterocycles. The van der Waals surface area contributed by atoms with Crippen LogP contribution in [0.1, 0.15) is 36.2 Å². The second-order valence-electron chi connectivity index (χ2n) is 6.79. The number of carbonyl (C=O) groups is 2. The van der Waals surface area contributed by atoms with Crippen molar-refractivity contribution < 1.29 is 22.4 Å². The summed E-state index contributed by atoms with van der Waals surface area (Å²) in [5.74, 6) is -1.66. The number of halogens is 1. The Balaban J connectivity index is 1.85. The number of sulfonamides is 1. The van der Waals surface area contributed by atoms with E-state index in [0.29, 0.717) is 24.2 Å². The van der Waals surface area contributed by atoms with Gasteiger partial charge in [-0.3, -0.25) is 9.59 Å². The van der Waals surface area contributed by atoms with E-state index in [0.717, 1.165) is 23.8 Å². The smallest absolute Gasteiger partial charge is 0.258 e. The van der Waals surface area contributed by atoms with Crippen LogP contribution in [0, 0.1) is 5.82 Å². The highest BCUT2D eigenvalue weighted by Gasteiger charge is 2.21. The summed E-state index contributed by atoms with van der Waals surface area (Å²) < 4.78 is 41.1. The van der Waals surface area contributed by atoms with Gasteiger partial charge >= 0.3 is 0 Å². The second kappa shape index (κ2) is 7.69. The van der Waals surface area contributed by atoms with Crippen molar-refractivity contribution in [2.45, 2.75) is 37.6 Å². The lowest BCUT2D eigenvalue weighted by Gasteiger charge is -2.18. The summed E-state index contributed by atoms with van der Waals surface area (Å²) in [6, 6.07) is 7.67. The average molecular weight is 405 g/mol. The second-order valence-corrected chi connectivity index (χ2v) is 8.51. The minimum atomic E-state index is -3.86. The van der Waals surface area contributed by atoms with Gasteiger partial charge in [0.05, 0.1) is 10.5 Å². The zero-order chi connectivity index (χ0) is 20.5. The first-order valence-corrected chi connectivity index (χ1v) is 10.2. The Bertz CT molecular complexity index is 1050. The number of rotatable bonds is 5. The molecule has 28 heavy (non-hydrogen) atoms. The van der Waals surface area contributed by atoms with Crippen LogP contribution >= 0.6 is 0 Å². The Hall–Kier alpha value is -2.78. The highest BCUT2D eigenvalue weighted by atomic mass is 32.2. The van der Waals surface area contributed by atoms with E-state index in [9.17, 15) is 22.4 Å². The van der Waals surface area contributed by atoms with Crippen molar-refractivity contribution in [1.29, 1.82) is 0 Å². The van der Waals surface area contributed by atoms with Gasteiger partial charge in [0, 0.05) is 23.8 Å². The molecule has 1 heterocycles. The van der Waals surface area contributed by atoms with Crippen molar-refractivity contribution >= 4 is 33.2 Å². The highest BCUT2D eigenvalue weighted by Crippen LogP contribution is 2.26. The van der Waals surface area contributed by atoms with E-state index in [1.807, 2.05) is 0 Å². The molecule has 2 aromatic carbocycles. The molecule has 0 unspecified atom stereocenters. The number of nitrogens with one attached hydrogen (secondary N) is 3. The minimum Gasteiger partial charge on any atom is -0.326 e. The summed E-state index contributed by atoms with van der Waals surface area (Å²) >= 11 is 0. The van der Waals surface area contributed by atoms with Gasteiger partial charge in [0.25, 0.3) is 5.91 Å². The standard InChI is InChI=1S/C19H20FN3O4S/c1-11(2)23-28(26,27)14-5-6-16(20)15(10-14)19(25)21-13-4-7-17-12(9-13)3-8-18(24)22-17/h4-7,9-11,23H,3,8H2,1-2H3,(H,21,25)(H,22,24). The van der Waals surface area contributed by atoms with Gasteiger partial charge in [0.2, 0.25) is 15.9 Å². The van der Waals surface area contributed by atoms with Crippen molar-refractivity contribution in [3.8, 4) is 0 Å². The summed E-state index contributed by atoms with van der Waals surface area (Å²) in [7, 11) is -3.86. The van der Waals surface area contributed by atoms with Crippen LogP contribution in [0.3, 0.4) is 0 Å². The molecule has 0 radical (unpaired) electrons. The molecule has 3 N–H and O–H groups in total. The van der Waals surface area contributed by atoms with Gasteiger partial charge < -0.3 is 10.6 Å². The van der Waals surface area contributed by atoms with Crippen LogP contribution in [0.4, 0.5) is 15.8 Å². The van der Waals surface area contributed by atoms with E-state index in [2.05, 4.69) is 15.4 Å². The van der Waals surface area contributed by atoms with Gasteiger partial charge in [-0.15, -0.1) is 0 Å². The molecule has 0 bridgehead atoms. The molecule has 2 amide bonds. The topological polar surface area (TPSA) is 104 Å². The van der Waals surface area contributed by atoms with Crippen LogP contribution in [0.25, 0.3) is 0 Å². The Morgan fingerprint density at radius 2 is 1.89 bits per heavy atom. The summed E-state index contributed by atoms with van der Waals surface area (Å²) in [4.78, 5) is 23.7. The van der Waals surface area contributed by atoms with Crippen molar-refractivity contribution in [2.75, 3.05) is 10.6 Å². The molecule has 9 heteroatoms. The number of hydrogen-bond acceptors (Lipinski definition) is 4. The van der Waals surface area contributed by atoms with Crippen LogP contribution in [0.5, 0.6) is 0 Å². The van der Waals surface area contributed by atoms with Crippen LogP contribution < -0.4 is 15.4 Å². The first-order chi connectivity index (χ1) is 13.2. The number of fused-ring (bicyclic) bond motifs is 1. The van der Waals surface area contributed by atoms with E-state index in [4.69, 9.17) is 0 Å². The zero-order valence-corrected chi connectivity index (χ0v) is 16.2. The molecule has 3 rings (SSSR count). The van der Waals surface area contributed by atoms with Gasteiger partial charge in [0.1, 0.15) is 5.82 Å². The molecular weight excluding hydrogens is 385 g/mol. The van der Waals surface area contributed by atoms with E-state index in [1.165, 1.54) is 0 Å². The van der Waals surface area contributed by atoms with Gasteiger partial charge in [-0.2, -0.15) is 0 Å². The molecule has 0 saturated heterocycles. The van der Waals surface area contributed by atoms with Gasteiger partial charge in [-0.05, 0) is 62.2 Å². The van der Waals surface area contributed by atoms with E-state index >= 15 is 0 Å². The maximum Gasteiger partial charge on any atom is 0.258 e. The van der Waals surface area contributed by atoms with Crippen molar-refractivity contribution in [3.63, 3.8) is 0 Å². The van der Waals surface area contributed by atoms with E-state index in [-0.39, 0.29) is 22.4 Å². The molecule has 0 fully saturated rings. The van der Waals surface area contributed by atoms with E-state index in [1.54, 1.807) is 32.0 Å². The Labute approximate surface area is 162 Å². The van der Waals surface area contributed by atoms with Gasteiger partial charge in [-0.25, -0.2) is 17.5 Å². The highest BCUT2D eigenvalue weighted by molar-refractivity contribution is 7.89. The van der Waals surface area contributed by atoms with Crippen LogP contribution in [-0.4, -0.2) is 26.3 Å². The lowest BCUT2D eigenvalue weighted by atomic mass is 10.0. The molecule has 0 spiro atoms. The normalized spacial score (nSPS) is 13.8. The molecule has 0 aromatic heterocycles. The SMILES string of the molecule is CC(C)NS(=O)(=O)c1ccc(F)c(C(=O)Nc2ccc3c(c2)CCC(=O)N3)c1. The minimum absolute atomic E-state index is 0.0700. The molecule has 0 aliphatic carbocycles. The first-order valence-electron chi connectivity index (χ1n) is 8.72. The quantitative estimate of drug-likeness (QED) is 0.711. The molecule has 0 saturated carbocycles. The number of carbonyl (C=O) groups excluding carboxylic acids is 2. The van der Waals surface area contributed by atoms with Crippen molar-refractivity contribution in [2.24, 2.45) is 0 Å². The predicted molar refractivity (Wildman–Crippen MR) is 103 cm³/mol. The van der Waals surface area contributed by atoms with Gasteiger partial charge in [-0.1, -0.05) is 0 Å². The molecule has 148 valence electrons. The van der Waals surface area contributed by atoms with Crippen LogP contribution in [-0.2, 0) is 21.2 Å². The van der Waals surface area contributed by atoms with Crippen LogP contribution in [0.15, 0.2) is 41.3 Å². The number of benzene rings is 2. The Morgan fingerprint density at radius 3 is 2.61 bits per heavy atom. The first kappa shape index (κ1) is 20.0. The third kappa shape index (κ3) is 4.37.